The minimum atomic E-state index is -0.791. The van der Waals surface area contributed by atoms with Gasteiger partial charge < -0.3 is 5.32 Å². The molecular weight excluding hydrogens is 279 g/mol. The summed E-state index contributed by atoms with van der Waals surface area (Å²) in [5.41, 5.74) is 0.214. The van der Waals surface area contributed by atoms with E-state index in [1.807, 2.05) is 11.4 Å². The van der Waals surface area contributed by atoms with Crippen LogP contribution in [-0.4, -0.2) is 11.0 Å². The molecule has 0 radical (unpaired) electrons. The van der Waals surface area contributed by atoms with Crippen LogP contribution in [0.2, 0.25) is 0 Å². The SMILES string of the molecule is CC(Cc1cccs1)NCc1ccc([N+](=O)[O-])c(F)c1. The number of nitro benzene ring substituents is 1. The molecule has 1 unspecified atom stereocenters. The molecule has 2 aromatic rings. The van der Waals surface area contributed by atoms with Gasteiger partial charge in [-0.25, -0.2) is 0 Å². The lowest BCUT2D eigenvalue weighted by Crippen LogP contribution is -2.27. The summed E-state index contributed by atoms with van der Waals surface area (Å²) < 4.78 is 13.5. The van der Waals surface area contributed by atoms with Crippen LogP contribution in [0.4, 0.5) is 10.1 Å². The third-order valence-electron chi connectivity index (χ3n) is 2.95. The third-order valence-corrected chi connectivity index (χ3v) is 3.85. The Balaban J connectivity index is 1.90. The molecule has 0 bridgehead atoms. The van der Waals surface area contributed by atoms with Crippen molar-refractivity contribution in [1.29, 1.82) is 0 Å². The largest absolute Gasteiger partial charge is 0.310 e. The van der Waals surface area contributed by atoms with Gasteiger partial charge in [-0.15, -0.1) is 11.3 Å². The molecule has 1 aromatic carbocycles. The van der Waals surface area contributed by atoms with Crippen molar-refractivity contribution in [3.05, 3.63) is 62.1 Å². The summed E-state index contributed by atoms with van der Waals surface area (Å²) in [5.74, 6) is -0.791. The number of hydrogen-bond acceptors (Lipinski definition) is 4. The number of nitrogens with one attached hydrogen (secondary N) is 1. The molecule has 1 atom stereocenters. The Morgan fingerprint density at radius 3 is 2.85 bits per heavy atom. The van der Waals surface area contributed by atoms with Crippen molar-refractivity contribution >= 4 is 17.0 Å². The minimum Gasteiger partial charge on any atom is -0.310 e. The van der Waals surface area contributed by atoms with Crippen molar-refractivity contribution in [2.24, 2.45) is 0 Å². The Hall–Kier alpha value is -1.79. The van der Waals surface area contributed by atoms with Crippen molar-refractivity contribution in [3.63, 3.8) is 0 Å². The molecule has 0 aliphatic rings. The van der Waals surface area contributed by atoms with E-state index >= 15 is 0 Å². The van der Waals surface area contributed by atoms with Gasteiger partial charge in [0.25, 0.3) is 0 Å². The molecule has 1 aromatic heterocycles. The molecule has 0 amide bonds. The van der Waals surface area contributed by atoms with Crippen LogP contribution in [0.25, 0.3) is 0 Å². The molecule has 0 saturated carbocycles. The third kappa shape index (κ3) is 3.85. The number of rotatable bonds is 6. The van der Waals surface area contributed by atoms with E-state index in [1.54, 1.807) is 17.4 Å². The van der Waals surface area contributed by atoms with Crippen molar-refractivity contribution in [2.75, 3.05) is 0 Å². The van der Waals surface area contributed by atoms with Crippen LogP contribution >= 0.6 is 11.3 Å². The number of hydrogen-bond donors (Lipinski definition) is 1. The highest BCUT2D eigenvalue weighted by molar-refractivity contribution is 7.09. The van der Waals surface area contributed by atoms with Crippen molar-refractivity contribution in [3.8, 4) is 0 Å². The summed E-state index contributed by atoms with van der Waals surface area (Å²) >= 11 is 1.71. The zero-order chi connectivity index (χ0) is 14.5. The predicted octanol–water partition coefficient (Wildman–Crippen LogP) is 3.52. The number of nitro groups is 1. The van der Waals surface area contributed by atoms with Crippen LogP contribution < -0.4 is 5.32 Å². The highest BCUT2D eigenvalue weighted by Crippen LogP contribution is 2.18. The minimum absolute atomic E-state index is 0.256. The first kappa shape index (κ1) is 14.6. The van der Waals surface area contributed by atoms with Crippen LogP contribution in [0.5, 0.6) is 0 Å². The summed E-state index contributed by atoms with van der Waals surface area (Å²) in [6, 6.07) is 8.34. The lowest BCUT2D eigenvalue weighted by Gasteiger charge is -2.12. The monoisotopic (exact) mass is 294 g/mol. The van der Waals surface area contributed by atoms with Gasteiger partial charge in [0.1, 0.15) is 0 Å². The molecule has 0 fully saturated rings. The van der Waals surface area contributed by atoms with E-state index in [0.29, 0.717) is 12.1 Å². The van der Waals surface area contributed by atoms with E-state index in [1.165, 1.54) is 17.0 Å². The van der Waals surface area contributed by atoms with Crippen LogP contribution in [-0.2, 0) is 13.0 Å². The van der Waals surface area contributed by atoms with Gasteiger partial charge in [0.05, 0.1) is 4.92 Å². The van der Waals surface area contributed by atoms with Crippen LogP contribution in [0.15, 0.2) is 35.7 Å². The van der Waals surface area contributed by atoms with E-state index in [4.69, 9.17) is 0 Å². The Kier molecular flexibility index (Phi) is 4.81. The van der Waals surface area contributed by atoms with Gasteiger partial charge in [-0.1, -0.05) is 12.1 Å². The first-order chi connectivity index (χ1) is 9.56. The Morgan fingerprint density at radius 2 is 2.25 bits per heavy atom. The van der Waals surface area contributed by atoms with Gasteiger partial charge in [0.2, 0.25) is 5.82 Å². The van der Waals surface area contributed by atoms with Gasteiger partial charge >= 0.3 is 5.69 Å². The molecule has 1 heterocycles. The van der Waals surface area contributed by atoms with Crippen LogP contribution in [0.3, 0.4) is 0 Å². The molecule has 0 aliphatic carbocycles. The molecule has 106 valence electrons. The van der Waals surface area contributed by atoms with Crippen LogP contribution in [0, 0.1) is 15.9 Å². The lowest BCUT2D eigenvalue weighted by molar-refractivity contribution is -0.387. The number of benzene rings is 1. The summed E-state index contributed by atoms with van der Waals surface area (Å²) in [6.07, 6.45) is 0.910. The first-order valence-corrected chi connectivity index (χ1v) is 7.13. The van der Waals surface area contributed by atoms with Gasteiger partial charge in [0, 0.05) is 23.5 Å². The molecule has 2 rings (SSSR count). The molecule has 6 heteroatoms. The second kappa shape index (κ2) is 6.58. The summed E-state index contributed by atoms with van der Waals surface area (Å²) in [7, 11) is 0. The zero-order valence-corrected chi connectivity index (χ0v) is 11.8. The topological polar surface area (TPSA) is 55.2 Å². The standard InChI is InChI=1S/C14H15FN2O2S/c1-10(7-12-3-2-6-20-12)16-9-11-4-5-14(17(18)19)13(15)8-11/h2-6,8,10,16H,7,9H2,1H3. The van der Waals surface area contributed by atoms with Crippen molar-refractivity contribution in [1.82, 2.24) is 5.32 Å². The summed E-state index contributed by atoms with van der Waals surface area (Å²) in [5, 5.41) is 15.8. The summed E-state index contributed by atoms with van der Waals surface area (Å²) in [6.45, 7) is 2.54. The smallest absolute Gasteiger partial charge is 0.304 e. The second-order valence-electron chi connectivity index (χ2n) is 4.61. The van der Waals surface area contributed by atoms with Gasteiger partial charge in [-0.05, 0) is 36.4 Å². The first-order valence-electron chi connectivity index (χ1n) is 6.25. The molecule has 0 aliphatic heterocycles. The molecule has 0 saturated heterocycles. The lowest BCUT2D eigenvalue weighted by atomic mass is 10.1. The molecule has 20 heavy (non-hydrogen) atoms. The average Bonchev–Trinajstić information content (AvgIpc) is 2.89. The highest BCUT2D eigenvalue weighted by atomic mass is 32.1. The van der Waals surface area contributed by atoms with E-state index < -0.39 is 16.4 Å². The molecular formula is C14H15FN2O2S. The van der Waals surface area contributed by atoms with Gasteiger partial charge in [-0.2, -0.15) is 4.39 Å². The fourth-order valence-corrected chi connectivity index (χ4v) is 2.74. The van der Waals surface area contributed by atoms with Crippen molar-refractivity contribution in [2.45, 2.75) is 25.9 Å². The maximum absolute atomic E-state index is 13.5. The molecule has 1 N–H and O–H groups in total. The Bertz CT molecular complexity index is 587. The Morgan fingerprint density at radius 1 is 1.45 bits per heavy atom. The molecule has 4 nitrogen and oxygen atoms in total. The average molecular weight is 294 g/mol. The fraction of sp³-hybridized carbons (Fsp3) is 0.286. The van der Waals surface area contributed by atoms with E-state index in [0.717, 1.165) is 6.42 Å². The zero-order valence-electron chi connectivity index (χ0n) is 11.0. The van der Waals surface area contributed by atoms with Crippen LogP contribution in [0.1, 0.15) is 17.4 Å². The predicted molar refractivity (Wildman–Crippen MR) is 77.4 cm³/mol. The van der Waals surface area contributed by atoms with Crippen molar-refractivity contribution < 1.29 is 9.31 Å². The quantitative estimate of drug-likeness (QED) is 0.655. The maximum Gasteiger partial charge on any atom is 0.304 e. The number of thiophene rings is 1. The highest BCUT2D eigenvalue weighted by Gasteiger charge is 2.13. The second-order valence-corrected chi connectivity index (χ2v) is 5.64. The van der Waals surface area contributed by atoms with Gasteiger partial charge in [-0.3, -0.25) is 10.1 Å². The Labute approximate surface area is 120 Å². The molecule has 0 spiro atoms. The van der Waals surface area contributed by atoms with E-state index in [-0.39, 0.29) is 6.04 Å². The number of halogens is 1. The fourth-order valence-electron chi connectivity index (χ4n) is 1.90. The van der Waals surface area contributed by atoms with Gasteiger partial charge in [0.15, 0.2) is 0 Å². The summed E-state index contributed by atoms with van der Waals surface area (Å²) in [4.78, 5) is 11.1. The maximum atomic E-state index is 13.5. The normalized spacial score (nSPS) is 12.3. The van der Waals surface area contributed by atoms with E-state index in [2.05, 4.69) is 18.3 Å². The number of nitrogens with zero attached hydrogens (tertiary/aromatic N) is 1. The van der Waals surface area contributed by atoms with E-state index in [9.17, 15) is 14.5 Å².